The van der Waals surface area contributed by atoms with E-state index in [4.69, 9.17) is 0 Å². The molecule has 3 heteroatoms. The molecule has 21 heavy (non-hydrogen) atoms. The van der Waals surface area contributed by atoms with Crippen molar-refractivity contribution in [1.82, 2.24) is 10.3 Å². The quantitative estimate of drug-likeness (QED) is 0.913. The number of nitrogens with zero attached hydrogens (tertiary/aromatic N) is 2. The molecule has 1 aromatic heterocycles. The van der Waals surface area contributed by atoms with Crippen molar-refractivity contribution in [3.63, 3.8) is 0 Å². The number of benzene rings is 1. The molecule has 0 fully saturated rings. The molecule has 110 valence electrons. The fraction of sp³-hybridized carbons (Fsp3) is 0.389. The molecule has 1 unspecified atom stereocenters. The number of hydrogen-bond acceptors (Lipinski definition) is 3. The van der Waals surface area contributed by atoms with Gasteiger partial charge in [0.15, 0.2) is 0 Å². The van der Waals surface area contributed by atoms with E-state index in [0.717, 1.165) is 25.9 Å². The number of nitrogens with one attached hydrogen (secondary N) is 1. The van der Waals surface area contributed by atoms with Crippen LogP contribution in [-0.4, -0.2) is 25.1 Å². The van der Waals surface area contributed by atoms with Gasteiger partial charge in [-0.15, -0.1) is 0 Å². The molecule has 0 aliphatic carbocycles. The van der Waals surface area contributed by atoms with Crippen LogP contribution in [0.4, 0.5) is 5.69 Å². The lowest BCUT2D eigenvalue weighted by Gasteiger charge is -2.20. The van der Waals surface area contributed by atoms with E-state index in [1.165, 1.54) is 22.5 Å². The molecule has 0 saturated carbocycles. The van der Waals surface area contributed by atoms with Crippen LogP contribution in [0.15, 0.2) is 42.6 Å². The van der Waals surface area contributed by atoms with Gasteiger partial charge in [0.25, 0.3) is 0 Å². The predicted molar refractivity (Wildman–Crippen MR) is 87.8 cm³/mol. The van der Waals surface area contributed by atoms with Crippen LogP contribution in [0.2, 0.25) is 0 Å². The molecule has 0 bridgehead atoms. The molecule has 1 atom stereocenters. The molecule has 1 aliphatic rings. The maximum Gasteiger partial charge on any atom is 0.0421 e. The lowest BCUT2D eigenvalue weighted by molar-refractivity contribution is 0.652. The highest BCUT2D eigenvalue weighted by molar-refractivity contribution is 5.59. The Morgan fingerprint density at radius 2 is 2.19 bits per heavy atom. The Labute approximate surface area is 127 Å². The van der Waals surface area contributed by atoms with Crippen LogP contribution >= 0.6 is 0 Å². The third-order valence-corrected chi connectivity index (χ3v) is 4.39. The number of aromatic nitrogens is 1. The average Bonchev–Trinajstić information content (AvgIpc) is 2.95. The van der Waals surface area contributed by atoms with Crippen molar-refractivity contribution in [2.45, 2.75) is 25.8 Å². The highest BCUT2D eigenvalue weighted by Crippen LogP contribution is 2.30. The molecule has 0 amide bonds. The van der Waals surface area contributed by atoms with E-state index < -0.39 is 0 Å². The molecule has 0 radical (unpaired) electrons. The lowest BCUT2D eigenvalue weighted by Crippen LogP contribution is -2.23. The summed E-state index contributed by atoms with van der Waals surface area (Å²) in [6.45, 7) is 4.38. The predicted octanol–water partition coefficient (Wildman–Crippen LogP) is 2.97. The van der Waals surface area contributed by atoms with Gasteiger partial charge in [-0.25, -0.2) is 0 Å². The summed E-state index contributed by atoms with van der Waals surface area (Å²) >= 11 is 0. The summed E-state index contributed by atoms with van der Waals surface area (Å²) in [5.74, 6) is 0. The highest BCUT2D eigenvalue weighted by atomic mass is 15.1. The van der Waals surface area contributed by atoms with Crippen LogP contribution in [0.1, 0.15) is 29.8 Å². The minimum absolute atomic E-state index is 0.415. The van der Waals surface area contributed by atoms with Gasteiger partial charge in [0, 0.05) is 43.1 Å². The Morgan fingerprint density at radius 1 is 1.29 bits per heavy atom. The maximum atomic E-state index is 4.41. The third-order valence-electron chi connectivity index (χ3n) is 4.39. The Bertz CT molecular complexity index is 595. The van der Waals surface area contributed by atoms with Crippen LogP contribution in [0.3, 0.4) is 0 Å². The van der Waals surface area contributed by atoms with Crippen LogP contribution in [0.5, 0.6) is 0 Å². The van der Waals surface area contributed by atoms with Crippen molar-refractivity contribution in [3.8, 4) is 0 Å². The second-order valence-electron chi connectivity index (χ2n) is 5.71. The SMILES string of the molecule is CNC(C)c1ccc2c(c1)CCN2CCc1ccccn1. The Hall–Kier alpha value is -1.87. The fourth-order valence-corrected chi connectivity index (χ4v) is 2.95. The maximum absolute atomic E-state index is 4.41. The largest absolute Gasteiger partial charge is 0.371 e. The third kappa shape index (κ3) is 3.08. The molecular formula is C18H23N3. The van der Waals surface area contributed by atoms with Gasteiger partial charge in [-0.1, -0.05) is 18.2 Å². The highest BCUT2D eigenvalue weighted by Gasteiger charge is 2.19. The van der Waals surface area contributed by atoms with Gasteiger partial charge in [-0.05, 0) is 49.7 Å². The van der Waals surface area contributed by atoms with Gasteiger partial charge >= 0.3 is 0 Å². The number of hydrogen-bond donors (Lipinski definition) is 1. The lowest BCUT2D eigenvalue weighted by atomic mass is 10.0. The first-order valence-electron chi connectivity index (χ1n) is 7.73. The van der Waals surface area contributed by atoms with E-state index in [1.54, 1.807) is 0 Å². The average molecular weight is 281 g/mol. The zero-order valence-corrected chi connectivity index (χ0v) is 12.8. The number of pyridine rings is 1. The fourth-order valence-electron chi connectivity index (χ4n) is 2.95. The van der Waals surface area contributed by atoms with E-state index in [9.17, 15) is 0 Å². The minimum atomic E-state index is 0.415. The van der Waals surface area contributed by atoms with E-state index in [1.807, 2.05) is 19.3 Å². The molecule has 0 saturated heterocycles. The first-order chi connectivity index (χ1) is 10.3. The monoisotopic (exact) mass is 281 g/mol. The number of rotatable bonds is 5. The van der Waals surface area contributed by atoms with Crippen LogP contribution in [0.25, 0.3) is 0 Å². The van der Waals surface area contributed by atoms with Crippen molar-refractivity contribution in [2.24, 2.45) is 0 Å². The van der Waals surface area contributed by atoms with Gasteiger partial charge in [-0.2, -0.15) is 0 Å². The normalized spacial score (nSPS) is 15.0. The van der Waals surface area contributed by atoms with Gasteiger partial charge < -0.3 is 10.2 Å². The molecule has 2 aromatic rings. The second-order valence-corrected chi connectivity index (χ2v) is 5.71. The Balaban J connectivity index is 1.69. The molecule has 0 spiro atoms. The summed E-state index contributed by atoms with van der Waals surface area (Å²) in [6, 6.07) is 13.4. The summed E-state index contributed by atoms with van der Waals surface area (Å²) in [5, 5.41) is 3.31. The van der Waals surface area contributed by atoms with E-state index >= 15 is 0 Å². The molecule has 1 N–H and O–H groups in total. The summed E-state index contributed by atoms with van der Waals surface area (Å²) < 4.78 is 0. The summed E-state index contributed by atoms with van der Waals surface area (Å²) in [5.41, 5.74) is 5.43. The van der Waals surface area contributed by atoms with Crippen molar-refractivity contribution >= 4 is 5.69 Å². The van der Waals surface area contributed by atoms with E-state index in [2.05, 4.69) is 52.5 Å². The summed E-state index contributed by atoms with van der Waals surface area (Å²) in [4.78, 5) is 6.89. The molecular weight excluding hydrogens is 258 g/mol. The standard InChI is InChI=1S/C18H23N3/c1-14(19-2)15-6-7-18-16(13-15)8-11-21(18)12-9-17-5-3-4-10-20-17/h3-7,10,13-14,19H,8-9,11-12H2,1-2H3. The zero-order chi connectivity index (χ0) is 14.7. The molecule has 2 heterocycles. The summed E-state index contributed by atoms with van der Waals surface area (Å²) in [6.07, 6.45) is 4.04. The second kappa shape index (κ2) is 6.27. The summed E-state index contributed by atoms with van der Waals surface area (Å²) in [7, 11) is 2.01. The molecule has 3 rings (SSSR count). The minimum Gasteiger partial charge on any atom is -0.371 e. The molecule has 1 aliphatic heterocycles. The van der Waals surface area contributed by atoms with Crippen molar-refractivity contribution in [1.29, 1.82) is 0 Å². The van der Waals surface area contributed by atoms with E-state index in [-0.39, 0.29) is 0 Å². The molecule has 3 nitrogen and oxygen atoms in total. The first-order valence-corrected chi connectivity index (χ1v) is 7.73. The van der Waals surface area contributed by atoms with Crippen LogP contribution in [0, 0.1) is 0 Å². The first kappa shape index (κ1) is 14.1. The zero-order valence-electron chi connectivity index (χ0n) is 12.8. The molecule has 1 aromatic carbocycles. The smallest absolute Gasteiger partial charge is 0.0421 e. The number of fused-ring (bicyclic) bond motifs is 1. The number of anilines is 1. The topological polar surface area (TPSA) is 28.2 Å². The van der Waals surface area contributed by atoms with E-state index in [0.29, 0.717) is 6.04 Å². The van der Waals surface area contributed by atoms with Crippen molar-refractivity contribution in [3.05, 3.63) is 59.4 Å². The van der Waals surface area contributed by atoms with Gasteiger partial charge in [0.2, 0.25) is 0 Å². The van der Waals surface area contributed by atoms with Gasteiger partial charge in [0.1, 0.15) is 0 Å². The Morgan fingerprint density at radius 3 is 2.95 bits per heavy atom. The van der Waals surface area contributed by atoms with Crippen LogP contribution < -0.4 is 10.2 Å². The van der Waals surface area contributed by atoms with Gasteiger partial charge in [-0.3, -0.25) is 4.98 Å². The van der Waals surface area contributed by atoms with Crippen LogP contribution in [-0.2, 0) is 12.8 Å². The van der Waals surface area contributed by atoms with Crippen molar-refractivity contribution in [2.75, 3.05) is 25.0 Å². The Kier molecular flexibility index (Phi) is 4.20. The van der Waals surface area contributed by atoms with Gasteiger partial charge in [0.05, 0.1) is 0 Å². The van der Waals surface area contributed by atoms with Crippen molar-refractivity contribution < 1.29 is 0 Å².